The van der Waals surface area contributed by atoms with Gasteiger partial charge in [0.1, 0.15) is 10.3 Å². The van der Waals surface area contributed by atoms with Gasteiger partial charge in [0.2, 0.25) is 0 Å². The van der Waals surface area contributed by atoms with Gasteiger partial charge in [-0.3, -0.25) is 0 Å². The molecule has 0 aliphatic rings. The zero-order chi connectivity index (χ0) is 11.0. The minimum absolute atomic E-state index is 0.331. The summed E-state index contributed by atoms with van der Waals surface area (Å²) in [6.07, 6.45) is 0. The van der Waals surface area contributed by atoms with E-state index in [-0.39, 0.29) is 0 Å². The number of hydrogen-bond donors (Lipinski definition) is 0. The van der Waals surface area contributed by atoms with Crippen LogP contribution in [0.25, 0.3) is 10.7 Å². The van der Waals surface area contributed by atoms with Gasteiger partial charge in [-0.1, -0.05) is 23.2 Å². The molecule has 2 nitrogen and oxygen atoms in total. The molecule has 0 spiro atoms. The number of aromatic nitrogens is 2. The first-order chi connectivity index (χ1) is 7.09. The van der Waals surface area contributed by atoms with Gasteiger partial charge in [-0.05, 0) is 39.9 Å². The molecule has 15 heavy (non-hydrogen) atoms. The average molecular weight is 324 g/mol. The van der Waals surface area contributed by atoms with E-state index < -0.39 is 0 Å². The van der Waals surface area contributed by atoms with Gasteiger partial charge in [0.25, 0.3) is 0 Å². The van der Waals surface area contributed by atoms with E-state index >= 15 is 0 Å². The Hall–Kier alpha value is -0.160. The van der Waals surface area contributed by atoms with E-state index in [2.05, 4.69) is 25.9 Å². The molecule has 6 heteroatoms. The number of rotatable bonds is 1. The van der Waals surface area contributed by atoms with Crippen molar-refractivity contribution in [1.29, 1.82) is 0 Å². The summed E-state index contributed by atoms with van der Waals surface area (Å²) in [5.74, 6) is 0.570. The average Bonchev–Trinajstić information content (AvgIpc) is 2.60. The van der Waals surface area contributed by atoms with Crippen LogP contribution in [-0.2, 0) is 0 Å². The van der Waals surface area contributed by atoms with Gasteiger partial charge in [0, 0.05) is 0 Å². The van der Waals surface area contributed by atoms with E-state index in [1.807, 2.05) is 18.4 Å². The summed E-state index contributed by atoms with van der Waals surface area (Å²) < 4.78 is 0.531. The van der Waals surface area contributed by atoms with Crippen LogP contribution in [0.2, 0.25) is 10.3 Å². The highest BCUT2D eigenvalue weighted by Gasteiger charge is 2.12. The number of aryl methyl sites for hydroxylation is 1. The van der Waals surface area contributed by atoms with Crippen molar-refractivity contribution in [3.63, 3.8) is 0 Å². The Morgan fingerprint density at radius 1 is 1.27 bits per heavy atom. The molecular weight excluding hydrogens is 319 g/mol. The molecule has 0 unspecified atom stereocenters. The van der Waals surface area contributed by atoms with E-state index in [4.69, 9.17) is 23.2 Å². The van der Waals surface area contributed by atoms with Gasteiger partial charge in [-0.25, -0.2) is 9.97 Å². The lowest BCUT2D eigenvalue weighted by Gasteiger charge is -2.02. The molecule has 0 aliphatic carbocycles. The minimum Gasteiger partial charge on any atom is -0.214 e. The minimum atomic E-state index is 0.331. The maximum atomic E-state index is 5.91. The van der Waals surface area contributed by atoms with Crippen molar-refractivity contribution >= 4 is 50.5 Å². The van der Waals surface area contributed by atoms with Gasteiger partial charge in [-0.15, -0.1) is 11.3 Å². The Balaban J connectivity index is 2.60. The second-order valence-electron chi connectivity index (χ2n) is 2.88. The molecule has 0 saturated heterocycles. The smallest absolute Gasteiger partial charge is 0.172 e. The van der Waals surface area contributed by atoms with E-state index in [9.17, 15) is 0 Å². The van der Waals surface area contributed by atoms with Crippen LogP contribution >= 0.6 is 50.5 Å². The van der Waals surface area contributed by atoms with Crippen LogP contribution in [-0.4, -0.2) is 9.97 Å². The lowest BCUT2D eigenvalue weighted by molar-refractivity contribution is 1.16. The summed E-state index contributed by atoms with van der Waals surface area (Å²) in [5.41, 5.74) is 1.12. The van der Waals surface area contributed by atoms with E-state index in [1.54, 1.807) is 11.3 Å². The van der Waals surface area contributed by atoms with Crippen LogP contribution in [0, 0.1) is 6.92 Å². The van der Waals surface area contributed by atoms with Crippen molar-refractivity contribution < 1.29 is 0 Å². The first kappa shape index (κ1) is 11.3. The highest BCUT2D eigenvalue weighted by Crippen LogP contribution is 2.32. The molecule has 0 amide bonds. The van der Waals surface area contributed by atoms with Crippen LogP contribution in [0.3, 0.4) is 0 Å². The van der Waals surface area contributed by atoms with Gasteiger partial charge >= 0.3 is 0 Å². The fourth-order valence-corrected chi connectivity index (χ4v) is 2.52. The van der Waals surface area contributed by atoms with E-state index in [1.165, 1.54) is 0 Å². The van der Waals surface area contributed by atoms with Crippen LogP contribution in [0.15, 0.2) is 15.9 Å². The van der Waals surface area contributed by atoms with Crippen molar-refractivity contribution in [3.05, 3.63) is 31.8 Å². The zero-order valence-electron chi connectivity index (χ0n) is 7.59. The molecule has 0 bridgehead atoms. The maximum Gasteiger partial charge on any atom is 0.172 e. The van der Waals surface area contributed by atoms with Gasteiger partial charge < -0.3 is 0 Å². The number of nitrogens with zero attached hydrogens (tertiary/aromatic N) is 2. The SMILES string of the molecule is Cc1ccsc1-c1nc(Cl)c(Br)c(Cl)n1. The molecule has 0 atom stereocenters. The normalized spacial score (nSPS) is 10.7. The first-order valence-electron chi connectivity index (χ1n) is 4.02. The Labute approximate surface area is 109 Å². The van der Waals surface area contributed by atoms with Crippen LogP contribution < -0.4 is 0 Å². The van der Waals surface area contributed by atoms with Crippen molar-refractivity contribution in [2.45, 2.75) is 6.92 Å². The second kappa shape index (κ2) is 4.37. The predicted molar refractivity (Wildman–Crippen MR) is 67.8 cm³/mol. The monoisotopic (exact) mass is 322 g/mol. The summed E-state index contributed by atoms with van der Waals surface area (Å²) in [5, 5.41) is 2.65. The van der Waals surface area contributed by atoms with Crippen molar-refractivity contribution in [2.75, 3.05) is 0 Å². The Morgan fingerprint density at radius 2 is 1.87 bits per heavy atom. The van der Waals surface area contributed by atoms with Crippen molar-refractivity contribution in [1.82, 2.24) is 9.97 Å². The molecule has 78 valence electrons. The molecular formula is C9H5BrCl2N2S. The zero-order valence-corrected chi connectivity index (χ0v) is 11.5. The van der Waals surface area contributed by atoms with Crippen molar-refractivity contribution in [3.8, 4) is 10.7 Å². The topological polar surface area (TPSA) is 25.8 Å². The lowest BCUT2D eigenvalue weighted by Crippen LogP contribution is -1.91. The lowest BCUT2D eigenvalue weighted by atomic mass is 10.3. The third kappa shape index (κ3) is 2.18. The van der Waals surface area contributed by atoms with E-state index in [0.717, 1.165) is 10.4 Å². The quantitative estimate of drug-likeness (QED) is 0.718. The van der Waals surface area contributed by atoms with E-state index in [0.29, 0.717) is 20.6 Å². The Kier molecular flexibility index (Phi) is 3.30. The Bertz CT molecular complexity index is 490. The largest absolute Gasteiger partial charge is 0.214 e. The third-order valence-corrected chi connectivity index (χ3v) is 4.60. The molecule has 0 fully saturated rings. The molecule has 2 heterocycles. The predicted octanol–water partition coefficient (Wildman–Crippen LogP) is 4.58. The maximum absolute atomic E-state index is 5.91. The second-order valence-corrected chi connectivity index (χ2v) is 5.30. The molecule has 0 saturated carbocycles. The fourth-order valence-electron chi connectivity index (χ4n) is 1.10. The molecule has 2 aromatic rings. The van der Waals surface area contributed by atoms with Crippen LogP contribution in [0.5, 0.6) is 0 Å². The molecule has 0 aromatic carbocycles. The molecule has 0 radical (unpaired) electrons. The van der Waals surface area contributed by atoms with Crippen LogP contribution in [0.1, 0.15) is 5.56 Å². The summed E-state index contributed by atoms with van der Waals surface area (Å²) in [4.78, 5) is 9.33. The molecule has 2 aromatic heterocycles. The highest BCUT2D eigenvalue weighted by atomic mass is 79.9. The summed E-state index contributed by atoms with van der Waals surface area (Å²) in [6.45, 7) is 2.00. The highest BCUT2D eigenvalue weighted by molar-refractivity contribution is 9.10. The van der Waals surface area contributed by atoms with Gasteiger partial charge in [0.05, 0.1) is 9.35 Å². The van der Waals surface area contributed by atoms with Gasteiger partial charge in [0.15, 0.2) is 5.82 Å². The number of hydrogen-bond acceptors (Lipinski definition) is 3. The van der Waals surface area contributed by atoms with Gasteiger partial charge in [-0.2, -0.15) is 0 Å². The summed E-state index contributed by atoms with van der Waals surface area (Å²) in [7, 11) is 0. The summed E-state index contributed by atoms with van der Waals surface area (Å²) in [6, 6.07) is 2.01. The number of halogens is 3. The van der Waals surface area contributed by atoms with Crippen LogP contribution in [0.4, 0.5) is 0 Å². The number of thiophene rings is 1. The summed E-state index contributed by atoms with van der Waals surface area (Å²) >= 11 is 16.6. The molecule has 0 N–H and O–H groups in total. The fraction of sp³-hybridized carbons (Fsp3) is 0.111. The standard InChI is InChI=1S/C9H5BrCl2N2S/c1-4-2-3-15-6(4)9-13-7(11)5(10)8(12)14-9/h2-3H,1H3. The molecule has 2 rings (SSSR count). The van der Waals surface area contributed by atoms with Crippen molar-refractivity contribution in [2.24, 2.45) is 0 Å². The molecule has 0 aliphatic heterocycles. The third-order valence-electron chi connectivity index (χ3n) is 1.84. The first-order valence-corrected chi connectivity index (χ1v) is 6.45. The Morgan fingerprint density at radius 3 is 2.33 bits per heavy atom.